The molecule has 0 radical (unpaired) electrons. The maximum absolute atomic E-state index is 11.4. The summed E-state index contributed by atoms with van der Waals surface area (Å²) < 4.78 is 1.10. The second-order valence-corrected chi connectivity index (χ2v) is 6.75. The summed E-state index contributed by atoms with van der Waals surface area (Å²) in [6, 6.07) is 4.22. The molecular formula is C17H21BrO. The highest BCUT2D eigenvalue weighted by Gasteiger charge is 2.24. The standard InChI is InChI=1S/C17H21BrO/c1-11-4-5-14(6-11)15(10-19)9-17-12(2)7-16(18)8-13(17)3/h7-11,14H,4-6H2,1-3H3/b15-9+. The molecule has 0 spiro atoms. The van der Waals surface area contributed by atoms with Crippen molar-refractivity contribution in [2.24, 2.45) is 11.8 Å². The van der Waals surface area contributed by atoms with E-state index < -0.39 is 0 Å². The van der Waals surface area contributed by atoms with E-state index in [9.17, 15) is 4.79 Å². The summed E-state index contributed by atoms with van der Waals surface area (Å²) in [4.78, 5) is 11.4. The fourth-order valence-electron chi connectivity index (χ4n) is 3.07. The summed E-state index contributed by atoms with van der Waals surface area (Å²) in [6.45, 7) is 6.48. The molecule has 102 valence electrons. The van der Waals surface area contributed by atoms with Gasteiger partial charge >= 0.3 is 0 Å². The lowest BCUT2D eigenvalue weighted by Crippen LogP contribution is -2.02. The summed E-state index contributed by atoms with van der Waals surface area (Å²) in [5.74, 6) is 1.20. The van der Waals surface area contributed by atoms with E-state index in [4.69, 9.17) is 0 Å². The Labute approximate surface area is 124 Å². The van der Waals surface area contributed by atoms with Crippen molar-refractivity contribution >= 4 is 28.3 Å². The molecule has 1 fully saturated rings. The Morgan fingerprint density at radius 3 is 2.37 bits per heavy atom. The summed E-state index contributed by atoms with van der Waals surface area (Å²) in [5.41, 5.74) is 4.61. The smallest absolute Gasteiger partial charge is 0.146 e. The van der Waals surface area contributed by atoms with E-state index in [0.717, 1.165) is 35.1 Å². The second-order valence-electron chi connectivity index (χ2n) is 5.83. The Morgan fingerprint density at radius 2 is 1.89 bits per heavy atom. The molecule has 1 aliphatic carbocycles. The first-order valence-electron chi connectivity index (χ1n) is 6.94. The van der Waals surface area contributed by atoms with Crippen molar-refractivity contribution in [3.63, 3.8) is 0 Å². The fraction of sp³-hybridized carbons (Fsp3) is 0.471. The lowest BCUT2D eigenvalue weighted by molar-refractivity contribution is -0.105. The molecule has 2 unspecified atom stereocenters. The van der Waals surface area contributed by atoms with Crippen LogP contribution in [-0.4, -0.2) is 6.29 Å². The van der Waals surface area contributed by atoms with Crippen LogP contribution in [0.25, 0.3) is 6.08 Å². The molecule has 2 atom stereocenters. The van der Waals surface area contributed by atoms with E-state index in [0.29, 0.717) is 5.92 Å². The lowest BCUT2D eigenvalue weighted by Gasteiger charge is -2.12. The predicted molar refractivity (Wildman–Crippen MR) is 84.2 cm³/mol. The molecule has 1 aliphatic rings. The van der Waals surface area contributed by atoms with Gasteiger partial charge in [0.25, 0.3) is 0 Å². The molecule has 1 aromatic carbocycles. The van der Waals surface area contributed by atoms with Crippen LogP contribution in [0.15, 0.2) is 22.2 Å². The topological polar surface area (TPSA) is 17.1 Å². The first-order chi connectivity index (χ1) is 9.01. The zero-order chi connectivity index (χ0) is 14.0. The third kappa shape index (κ3) is 3.36. The SMILES string of the molecule is Cc1cc(Br)cc(C)c1/C=C(\C=O)C1CCC(C)C1. The maximum atomic E-state index is 11.4. The van der Waals surface area contributed by atoms with Crippen LogP contribution in [0.2, 0.25) is 0 Å². The Morgan fingerprint density at radius 1 is 1.26 bits per heavy atom. The fourth-order valence-corrected chi connectivity index (χ4v) is 3.76. The molecule has 0 N–H and O–H groups in total. The van der Waals surface area contributed by atoms with Gasteiger partial charge in [-0.15, -0.1) is 0 Å². The van der Waals surface area contributed by atoms with Gasteiger partial charge in [0, 0.05) is 4.47 Å². The van der Waals surface area contributed by atoms with Crippen molar-refractivity contribution in [1.29, 1.82) is 0 Å². The molecule has 0 bridgehead atoms. The van der Waals surface area contributed by atoms with E-state index in [2.05, 4.69) is 54.9 Å². The normalized spacial score (nSPS) is 23.7. The number of benzene rings is 1. The van der Waals surface area contributed by atoms with Crippen LogP contribution in [-0.2, 0) is 4.79 Å². The van der Waals surface area contributed by atoms with Gasteiger partial charge < -0.3 is 0 Å². The average molecular weight is 321 g/mol. The molecular weight excluding hydrogens is 300 g/mol. The molecule has 0 aromatic heterocycles. The third-order valence-corrected chi connectivity index (χ3v) is 4.63. The Bertz CT molecular complexity index is 493. The minimum atomic E-state index is 0.454. The van der Waals surface area contributed by atoms with E-state index in [-0.39, 0.29) is 0 Å². The van der Waals surface area contributed by atoms with Crippen molar-refractivity contribution in [3.8, 4) is 0 Å². The van der Waals surface area contributed by atoms with Gasteiger partial charge in [-0.3, -0.25) is 4.79 Å². The van der Waals surface area contributed by atoms with Crippen molar-refractivity contribution in [2.75, 3.05) is 0 Å². The van der Waals surface area contributed by atoms with Crippen LogP contribution in [0.3, 0.4) is 0 Å². The third-order valence-electron chi connectivity index (χ3n) is 4.17. The average Bonchev–Trinajstić information content (AvgIpc) is 2.75. The highest BCUT2D eigenvalue weighted by Crippen LogP contribution is 2.36. The molecule has 19 heavy (non-hydrogen) atoms. The molecule has 2 heteroatoms. The number of rotatable bonds is 3. The molecule has 1 saturated carbocycles. The molecule has 0 amide bonds. The Kier molecular flexibility index (Phi) is 4.62. The molecule has 0 heterocycles. The first-order valence-corrected chi connectivity index (χ1v) is 7.74. The molecule has 1 aromatic rings. The second kappa shape index (κ2) is 6.04. The van der Waals surface area contributed by atoms with E-state index in [1.165, 1.54) is 23.1 Å². The van der Waals surface area contributed by atoms with E-state index in [1.807, 2.05) is 0 Å². The largest absolute Gasteiger partial charge is 0.298 e. The highest BCUT2D eigenvalue weighted by molar-refractivity contribution is 9.10. The number of aldehydes is 1. The van der Waals surface area contributed by atoms with Crippen LogP contribution in [0.5, 0.6) is 0 Å². The molecule has 0 saturated heterocycles. The zero-order valence-electron chi connectivity index (χ0n) is 11.9. The highest BCUT2D eigenvalue weighted by atomic mass is 79.9. The number of hydrogen-bond donors (Lipinski definition) is 0. The molecule has 1 nitrogen and oxygen atoms in total. The minimum absolute atomic E-state index is 0.454. The van der Waals surface area contributed by atoms with Crippen LogP contribution in [0.4, 0.5) is 0 Å². The van der Waals surface area contributed by atoms with E-state index >= 15 is 0 Å². The number of halogens is 1. The molecule has 0 aliphatic heterocycles. The van der Waals surface area contributed by atoms with Gasteiger partial charge in [0.05, 0.1) is 0 Å². The Hall–Kier alpha value is -0.890. The lowest BCUT2D eigenvalue weighted by atomic mass is 9.93. The zero-order valence-corrected chi connectivity index (χ0v) is 13.5. The summed E-state index contributed by atoms with van der Waals surface area (Å²) in [7, 11) is 0. The summed E-state index contributed by atoms with van der Waals surface area (Å²) in [6.07, 6.45) is 6.71. The van der Waals surface area contributed by atoms with Gasteiger partial charge in [0.2, 0.25) is 0 Å². The summed E-state index contributed by atoms with van der Waals surface area (Å²) >= 11 is 3.51. The maximum Gasteiger partial charge on any atom is 0.146 e. The summed E-state index contributed by atoms with van der Waals surface area (Å²) in [5, 5.41) is 0. The van der Waals surface area contributed by atoms with Crippen LogP contribution in [0, 0.1) is 25.7 Å². The Balaban J connectivity index is 2.35. The minimum Gasteiger partial charge on any atom is -0.298 e. The van der Waals surface area contributed by atoms with Crippen molar-refractivity contribution in [3.05, 3.63) is 38.9 Å². The van der Waals surface area contributed by atoms with Gasteiger partial charge in [-0.1, -0.05) is 29.3 Å². The van der Waals surface area contributed by atoms with Gasteiger partial charge in [-0.05, 0) is 79.0 Å². The first kappa shape index (κ1) is 14.5. The predicted octanol–water partition coefficient (Wildman–Crippen LogP) is 5.08. The van der Waals surface area contributed by atoms with Crippen LogP contribution < -0.4 is 0 Å². The van der Waals surface area contributed by atoms with Crippen molar-refractivity contribution < 1.29 is 4.79 Å². The number of allylic oxidation sites excluding steroid dienone is 1. The quantitative estimate of drug-likeness (QED) is 0.560. The van der Waals surface area contributed by atoms with Gasteiger partial charge in [-0.25, -0.2) is 0 Å². The van der Waals surface area contributed by atoms with Crippen molar-refractivity contribution in [2.45, 2.75) is 40.0 Å². The molecule has 2 rings (SSSR count). The van der Waals surface area contributed by atoms with Gasteiger partial charge in [0.15, 0.2) is 0 Å². The number of hydrogen-bond acceptors (Lipinski definition) is 1. The van der Waals surface area contributed by atoms with Crippen LogP contribution >= 0.6 is 15.9 Å². The monoisotopic (exact) mass is 320 g/mol. The van der Waals surface area contributed by atoms with Crippen LogP contribution in [0.1, 0.15) is 42.9 Å². The number of aryl methyl sites for hydroxylation is 2. The van der Waals surface area contributed by atoms with Gasteiger partial charge in [-0.2, -0.15) is 0 Å². The number of carbonyl (C=O) groups excluding carboxylic acids is 1. The number of carbonyl (C=O) groups is 1. The van der Waals surface area contributed by atoms with Crippen molar-refractivity contribution in [1.82, 2.24) is 0 Å². The van der Waals surface area contributed by atoms with Gasteiger partial charge in [0.1, 0.15) is 6.29 Å². The van der Waals surface area contributed by atoms with E-state index in [1.54, 1.807) is 0 Å².